The molecule has 0 radical (unpaired) electrons. The van der Waals surface area contributed by atoms with Crippen LogP contribution in [0.1, 0.15) is 24.1 Å². The van der Waals surface area contributed by atoms with Crippen LogP contribution in [0.4, 0.5) is 10.5 Å². The first-order valence-corrected chi connectivity index (χ1v) is 7.52. The molecule has 23 heavy (non-hydrogen) atoms. The standard InChI is InChI=1S/C16H23N5O2/c1-11(10-22)20(4)16(23)18-15-7-5-6-14(8-15)9-21-13(3)17-12(2)19-21/h5-8,11,22H,9-10H2,1-4H3,(H,18,23). The molecule has 2 amide bonds. The van der Waals surface area contributed by atoms with E-state index in [4.69, 9.17) is 5.11 Å². The van der Waals surface area contributed by atoms with Crippen molar-refractivity contribution in [2.45, 2.75) is 33.4 Å². The molecular formula is C16H23N5O2. The van der Waals surface area contributed by atoms with Crippen LogP contribution in [0, 0.1) is 13.8 Å². The van der Waals surface area contributed by atoms with Crippen molar-refractivity contribution in [3.8, 4) is 0 Å². The lowest BCUT2D eigenvalue weighted by Crippen LogP contribution is -2.40. The van der Waals surface area contributed by atoms with Crippen molar-refractivity contribution in [2.24, 2.45) is 0 Å². The zero-order valence-corrected chi connectivity index (χ0v) is 13.9. The normalized spacial score (nSPS) is 12.0. The largest absolute Gasteiger partial charge is 0.394 e. The van der Waals surface area contributed by atoms with Gasteiger partial charge in [-0.25, -0.2) is 14.5 Å². The Morgan fingerprint density at radius 1 is 1.43 bits per heavy atom. The molecule has 0 bridgehead atoms. The summed E-state index contributed by atoms with van der Waals surface area (Å²) in [6.45, 7) is 6.08. The first-order chi connectivity index (χ1) is 10.9. The van der Waals surface area contributed by atoms with Gasteiger partial charge in [0.25, 0.3) is 0 Å². The van der Waals surface area contributed by atoms with Crippen molar-refractivity contribution < 1.29 is 9.90 Å². The number of urea groups is 1. The zero-order chi connectivity index (χ0) is 17.0. The van der Waals surface area contributed by atoms with Gasteiger partial charge in [0.05, 0.1) is 19.2 Å². The highest BCUT2D eigenvalue weighted by atomic mass is 16.3. The van der Waals surface area contributed by atoms with E-state index >= 15 is 0 Å². The molecule has 0 aliphatic carbocycles. The van der Waals surface area contributed by atoms with Crippen molar-refractivity contribution in [1.82, 2.24) is 19.7 Å². The van der Waals surface area contributed by atoms with Crippen LogP contribution in [0.5, 0.6) is 0 Å². The van der Waals surface area contributed by atoms with E-state index in [0.717, 1.165) is 17.2 Å². The lowest BCUT2D eigenvalue weighted by atomic mass is 10.2. The van der Waals surface area contributed by atoms with Crippen LogP contribution >= 0.6 is 0 Å². The first kappa shape index (κ1) is 17.0. The summed E-state index contributed by atoms with van der Waals surface area (Å²) in [4.78, 5) is 17.9. The van der Waals surface area contributed by atoms with Crippen molar-refractivity contribution in [1.29, 1.82) is 0 Å². The van der Waals surface area contributed by atoms with E-state index in [2.05, 4.69) is 15.4 Å². The fourth-order valence-electron chi connectivity index (χ4n) is 2.17. The van der Waals surface area contributed by atoms with E-state index < -0.39 is 0 Å². The Bertz CT molecular complexity index is 683. The van der Waals surface area contributed by atoms with E-state index in [1.807, 2.05) is 42.8 Å². The Morgan fingerprint density at radius 3 is 2.78 bits per heavy atom. The molecule has 0 fully saturated rings. The molecule has 0 aliphatic rings. The average Bonchev–Trinajstić information content (AvgIpc) is 2.83. The maximum atomic E-state index is 12.1. The van der Waals surface area contributed by atoms with Crippen molar-refractivity contribution in [3.05, 3.63) is 41.5 Å². The number of hydrogen-bond acceptors (Lipinski definition) is 4. The average molecular weight is 317 g/mol. The number of nitrogens with one attached hydrogen (secondary N) is 1. The molecule has 0 saturated carbocycles. The first-order valence-electron chi connectivity index (χ1n) is 7.52. The smallest absolute Gasteiger partial charge is 0.321 e. The van der Waals surface area contributed by atoms with Gasteiger partial charge in [0.1, 0.15) is 11.6 Å². The molecule has 0 spiro atoms. The van der Waals surface area contributed by atoms with E-state index in [0.29, 0.717) is 12.2 Å². The van der Waals surface area contributed by atoms with Gasteiger partial charge < -0.3 is 15.3 Å². The van der Waals surface area contributed by atoms with Crippen LogP contribution in [0.2, 0.25) is 0 Å². The van der Waals surface area contributed by atoms with Crippen LogP contribution in [0.15, 0.2) is 24.3 Å². The molecule has 1 aromatic heterocycles. The number of hydrogen-bond donors (Lipinski definition) is 2. The fourth-order valence-corrected chi connectivity index (χ4v) is 2.17. The number of anilines is 1. The Morgan fingerprint density at radius 2 is 2.17 bits per heavy atom. The van der Waals surface area contributed by atoms with E-state index in [-0.39, 0.29) is 18.7 Å². The van der Waals surface area contributed by atoms with Gasteiger partial charge in [-0.15, -0.1) is 0 Å². The minimum Gasteiger partial charge on any atom is -0.394 e. The number of aryl methyl sites for hydroxylation is 2. The minimum atomic E-state index is -0.253. The summed E-state index contributed by atoms with van der Waals surface area (Å²) >= 11 is 0. The number of nitrogens with zero attached hydrogens (tertiary/aromatic N) is 4. The van der Waals surface area contributed by atoms with E-state index in [9.17, 15) is 4.79 Å². The third-order valence-electron chi connectivity index (χ3n) is 3.72. The van der Waals surface area contributed by atoms with Gasteiger partial charge in [0, 0.05) is 12.7 Å². The summed E-state index contributed by atoms with van der Waals surface area (Å²) in [6.07, 6.45) is 0. The molecule has 2 rings (SSSR count). The summed E-state index contributed by atoms with van der Waals surface area (Å²) in [7, 11) is 1.65. The highest BCUT2D eigenvalue weighted by molar-refractivity contribution is 5.89. The van der Waals surface area contributed by atoms with Gasteiger partial charge in [0.2, 0.25) is 0 Å². The highest BCUT2D eigenvalue weighted by Crippen LogP contribution is 2.13. The molecule has 1 aromatic carbocycles. The predicted molar refractivity (Wildman–Crippen MR) is 88.4 cm³/mol. The predicted octanol–water partition coefficient (Wildman–Crippen LogP) is 1.79. The highest BCUT2D eigenvalue weighted by Gasteiger charge is 2.15. The quantitative estimate of drug-likeness (QED) is 0.880. The molecule has 0 aliphatic heterocycles. The number of likely N-dealkylation sites (N-methyl/N-ethyl adjacent to an activating group) is 1. The van der Waals surface area contributed by atoms with Crippen molar-refractivity contribution in [3.63, 3.8) is 0 Å². The third-order valence-corrected chi connectivity index (χ3v) is 3.72. The van der Waals surface area contributed by atoms with Crippen LogP contribution in [0.25, 0.3) is 0 Å². The minimum absolute atomic E-state index is 0.0745. The van der Waals surface area contributed by atoms with Gasteiger partial charge in [-0.05, 0) is 38.5 Å². The second-order valence-electron chi connectivity index (χ2n) is 5.64. The molecule has 124 valence electrons. The van der Waals surface area contributed by atoms with Gasteiger partial charge in [-0.2, -0.15) is 5.10 Å². The summed E-state index contributed by atoms with van der Waals surface area (Å²) in [5.41, 5.74) is 1.73. The molecule has 2 N–H and O–H groups in total. The number of carbonyl (C=O) groups is 1. The van der Waals surface area contributed by atoms with Gasteiger partial charge >= 0.3 is 6.03 Å². The monoisotopic (exact) mass is 317 g/mol. The van der Waals surface area contributed by atoms with Crippen LogP contribution in [-0.4, -0.2) is 50.5 Å². The summed E-state index contributed by atoms with van der Waals surface area (Å²) in [6, 6.07) is 7.12. The molecule has 1 atom stereocenters. The Hall–Kier alpha value is -2.41. The topological polar surface area (TPSA) is 83.3 Å². The zero-order valence-electron chi connectivity index (χ0n) is 13.9. The Kier molecular flexibility index (Phi) is 5.33. The number of aliphatic hydroxyl groups excluding tert-OH is 1. The lowest BCUT2D eigenvalue weighted by Gasteiger charge is -2.23. The van der Waals surface area contributed by atoms with E-state index in [1.54, 1.807) is 14.0 Å². The summed E-state index contributed by atoms with van der Waals surface area (Å²) in [5, 5.41) is 16.3. The summed E-state index contributed by atoms with van der Waals surface area (Å²) in [5.74, 6) is 1.60. The molecule has 2 aromatic rings. The van der Waals surface area contributed by atoms with Crippen molar-refractivity contribution in [2.75, 3.05) is 19.0 Å². The molecule has 7 nitrogen and oxygen atoms in total. The van der Waals surface area contributed by atoms with Gasteiger partial charge in [-0.3, -0.25) is 0 Å². The lowest BCUT2D eigenvalue weighted by molar-refractivity contribution is 0.166. The van der Waals surface area contributed by atoms with E-state index in [1.165, 1.54) is 4.90 Å². The van der Waals surface area contributed by atoms with Crippen LogP contribution < -0.4 is 5.32 Å². The summed E-state index contributed by atoms with van der Waals surface area (Å²) < 4.78 is 1.83. The molecule has 1 unspecified atom stereocenters. The molecule has 1 heterocycles. The van der Waals surface area contributed by atoms with Crippen LogP contribution in [-0.2, 0) is 6.54 Å². The SMILES string of the molecule is Cc1nc(C)n(Cc2cccc(NC(=O)N(C)C(C)CO)c2)n1. The molecular weight excluding hydrogens is 294 g/mol. The fraction of sp³-hybridized carbons (Fsp3) is 0.438. The van der Waals surface area contributed by atoms with Crippen LogP contribution in [0.3, 0.4) is 0 Å². The molecule has 7 heteroatoms. The third kappa shape index (κ3) is 4.29. The maximum absolute atomic E-state index is 12.1. The number of aliphatic hydroxyl groups is 1. The second kappa shape index (κ2) is 7.23. The second-order valence-corrected chi connectivity index (χ2v) is 5.64. The molecule has 0 saturated heterocycles. The maximum Gasteiger partial charge on any atom is 0.321 e. The number of benzene rings is 1. The Balaban J connectivity index is 2.08. The number of amides is 2. The Labute approximate surface area is 136 Å². The number of carbonyl (C=O) groups excluding carboxylic acids is 1. The number of aromatic nitrogens is 3. The van der Waals surface area contributed by atoms with Crippen molar-refractivity contribution >= 4 is 11.7 Å². The van der Waals surface area contributed by atoms with Gasteiger partial charge in [0.15, 0.2) is 0 Å². The number of rotatable bonds is 5. The van der Waals surface area contributed by atoms with Gasteiger partial charge in [-0.1, -0.05) is 12.1 Å².